The van der Waals surface area contributed by atoms with Gasteiger partial charge < -0.3 is 10.2 Å². The van der Waals surface area contributed by atoms with E-state index in [0.717, 1.165) is 15.7 Å². The highest BCUT2D eigenvalue weighted by molar-refractivity contribution is 8.01. The molecule has 0 aromatic heterocycles. The van der Waals surface area contributed by atoms with Crippen LogP contribution in [0.2, 0.25) is 0 Å². The first kappa shape index (κ1) is 21.9. The third-order valence-electron chi connectivity index (χ3n) is 6.04. The van der Waals surface area contributed by atoms with Crippen LogP contribution in [0.5, 0.6) is 0 Å². The van der Waals surface area contributed by atoms with Crippen molar-refractivity contribution in [1.82, 2.24) is 9.21 Å². The molecule has 9 heteroatoms. The van der Waals surface area contributed by atoms with Crippen LogP contribution in [0.25, 0.3) is 10.8 Å². The number of nitrogens with zero attached hydrogens (tertiary/aromatic N) is 2. The number of carbonyl (C=O) groups excluding carboxylic acids is 2. The molecule has 2 amide bonds. The number of hydrogen-bond acceptors (Lipinski definition) is 5. The number of hydrogen-bond donors (Lipinski definition) is 1. The summed E-state index contributed by atoms with van der Waals surface area (Å²) in [7, 11) is -3.65. The van der Waals surface area contributed by atoms with Crippen molar-refractivity contribution in [1.29, 1.82) is 0 Å². The van der Waals surface area contributed by atoms with Gasteiger partial charge >= 0.3 is 0 Å². The minimum atomic E-state index is -3.65. The average molecular weight is 482 g/mol. The lowest BCUT2D eigenvalue weighted by Gasteiger charge is -2.34. The smallest absolute Gasteiger partial charge is 0.254 e. The topological polar surface area (TPSA) is 86.8 Å². The monoisotopic (exact) mass is 481 g/mol. The standard InChI is InChI=1S/C24H23N3O4S2/c1-16-23(28)25-21-15-19(7-9-22(21)32-16)24(29)26-10-12-27(13-11-26)33(30,31)20-8-6-17-4-2-3-5-18(17)14-20/h2-9,14-16H,10-13H2,1H3,(H,25,28)/t16-/m0/s1. The Morgan fingerprint density at radius 2 is 1.70 bits per heavy atom. The summed E-state index contributed by atoms with van der Waals surface area (Å²) in [5.41, 5.74) is 1.13. The molecule has 3 aromatic rings. The average Bonchev–Trinajstić information content (AvgIpc) is 2.84. The molecule has 1 atom stereocenters. The fraction of sp³-hybridized carbons (Fsp3) is 0.250. The molecule has 5 rings (SSSR count). The van der Waals surface area contributed by atoms with Crippen molar-refractivity contribution in [3.05, 3.63) is 66.2 Å². The summed E-state index contributed by atoms with van der Waals surface area (Å²) in [5, 5.41) is 4.54. The zero-order valence-corrected chi connectivity index (χ0v) is 19.7. The summed E-state index contributed by atoms with van der Waals surface area (Å²) >= 11 is 1.47. The Kier molecular flexibility index (Phi) is 5.64. The maximum atomic E-state index is 13.2. The van der Waals surface area contributed by atoms with E-state index in [9.17, 15) is 18.0 Å². The van der Waals surface area contributed by atoms with Gasteiger partial charge in [0.05, 0.1) is 15.8 Å². The third kappa shape index (κ3) is 4.12. The van der Waals surface area contributed by atoms with Gasteiger partial charge in [-0.1, -0.05) is 30.3 Å². The van der Waals surface area contributed by atoms with Crippen molar-refractivity contribution in [2.24, 2.45) is 0 Å². The van der Waals surface area contributed by atoms with E-state index in [-0.39, 0.29) is 35.0 Å². The quantitative estimate of drug-likeness (QED) is 0.620. The molecular weight excluding hydrogens is 458 g/mol. The lowest BCUT2D eigenvalue weighted by Crippen LogP contribution is -2.50. The van der Waals surface area contributed by atoms with E-state index in [1.54, 1.807) is 29.2 Å². The largest absolute Gasteiger partial charge is 0.336 e. The Hall–Kier alpha value is -2.88. The van der Waals surface area contributed by atoms with Crippen molar-refractivity contribution < 1.29 is 18.0 Å². The summed E-state index contributed by atoms with van der Waals surface area (Å²) < 4.78 is 27.8. The number of piperazine rings is 1. The van der Waals surface area contributed by atoms with Gasteiger partial charge in [0.15, 0.2) is 0 Å². The van der Waals surface area contributed by atoms with E-state index in [2.05, 4.69) is 5.32 Å². The van der Waals surface area contributed by atoms with E-state index in [4.69, 9.17) is 0 Å². The second-order valence-corrected chi connectivity index (χ2v) is 11.5. The van der Waals surface area contributed by atoms with Crippen molar-refractivity contribution in [3.8, 4) is 0 Å². The summed E-state index contributed by atoms with van der Waals surface area (Å²) in [4.78, 5) is 27.9. The number of rotatable bonds is 3. The van der Waals surface area contributed by atoms with E-state index in [0.29, 0.717) is 24.3 Å². The fourth-order valence-corrected chi connectivity index (χ4v) is 6.52. The Balaban J connectivity index is 1.29. The van der Waals surface area contributed by atoms with E-state index >= 15 is 0 Å². The molecule has 1 N–H and O–H groups in total. The normalized spacial score (nSPS) is 19.2. The summed E-state index contributed by atoms with van der Waals surface area (Å²) in [6.45, 7) is 2.92. The van der Waals surface area contributed by atoms with Crippen LogP contribution in [-0.2, 0) is 14.8 Å². The Bertz CT molecular complexity index is 1370. The summed E-state index contributed by atoms with van der Waals surface area (Å²) in [6.07, 6.45) is 0. The molecule has 0 spiro atoms. The van der Waals surface area contributed by atoms with Crippen LogP contribution in [0.1, 0.15) is 17.3 Å². The number of anilines is 1. The molecule has 33 heavy (non-hydrogen) atoms. The molecule has 0 saturated carbocycles. The van der Waals surface area contributed by atoms with Crippen molar-refractivity contribution in [3.63, 3.8) is 0 Å². The van der Waals surface area contributed by atoms with Crippen molar-refractivity contribution in [2.75, 3.05) is 31.5 Å². The predicted octanol–water partition coefficient (Wildman–Crippen LogP) is 3.42. The number of carbonyl (C=O) groups is 2. The van der Waals surface area contributed by atoms with Crippen LogP contribution < -0.4 is 5.32 Å². The number of fused-ring (bicyclic) bond motifs is 2. The number of nitrogens with one attached hydrogen (secondary N) is 1. The second kappa shape index (κ2) is 8.48. The van der Waals surface area contributed by atoms with E-state index in [1.807, 2.05) is 43.3 Å². The lowest BCUT2D eigenvalue weighted by molar-refractivity contribution is -0.115. The molecule has 1 saturated heterocycles. The summed E-state index contributed by atoms with van der Waals surface area (Å²) in [6, 6.07) is 18.1. The number of sulfonamides is 1. The molecule has 7 nitrogen and oxygen atoms in total. The van der Waals surface area contributed by atoms with E-state index in [1.165, 1.54) is 16.1 Å². The van der Waals surface area contributed by atoms with Gasteiger partial charge in [0.25, 0.3) is 5.91 Å². The SMILES string of the molecule is C[C@@H]1Sc2ccc(C(=O)N3CCN(S(=O)(=O)c4ccc5ccccc5c4)CC3)cc2NC1=O. The van der Waals surface area contributed by atoms with Crippen LogP contribution in [0, 0.1) is 0 Å². The predicted molar refractivity (Wildman–Crippen MR) is 129 cm³/mol. The highest BCUT2D eigenvalue weighted by Gasteiger charge is 2.31. The van der Waals surface area contributed by atoms with Gasteiger partial charge in [0, 0.05) is 36.6 Å². The van der Waals surface area contributed by atoms with Gasteiger partial charge in [-0.05, 0) is 48.0 Å². The first-order valence-electron chi connectivity index (χ1n) is 10.7. The van der Waals surface area contributed by atoms with Crippen molar-refractivity contribution in [2.45, 2.75) is 22.0 Å². The first-order valence-corrected chi connectivity index (χ1v) is 13.0. The van der Waals surface area contributed by atoms with E-state index < -0.39 is 10.0 Å². The highest BCUT2D eigenvalue weighted by atomic mass is 32.2. The van der Waals surface area contributed by atoms with Crippen molar-refractivity contribution >= 4 is 50.1 Å². The molecular formula is C24H23N3O4S2. The Morgan fingerprint density at radius 3 is 2.45 bits per heavy atom. The minimum Gasteiger partial charge on any atom is -0.336 e. The number of amides is 2. The maximum absolute atomic E-state index is 13.2. The molecule has 0 bridgehead atoms. The van der Waals surface area contributed by atoms with Crippen LogP contribution >= 0.6 is 11.8 Å². The maximum Gasteiger partial charge on any atom is 0.254 e. The molecule has 0 unspecified atom stereocenters. The Morgan fingerprint density at radius 1 is 0.970 bits per heavy atom. The van der Waals surface area contributed by atoms with Crippen LogP contribution in [-0.4, -0.2) is 60.9 Å². The van der Waals surface area contributed by atoms with Crippen LogP contribution in [0.15, 0.2) is 70.5 Å². The van der Waals surface area contributed by atoms with Gasteiger partial charge in [-0.2, -0.15) is 4.31 Å². The third-order valence-corrected chi connectivity index (χ3v) is 9.11. The molecule has 0 radical (unpaired) electrons. The molecule has 2 aliphatic heterocycles. The lowest BCUT2D eigenvalue weighted by atomic mass is 10.1. The van der Waals surface area contributed by atoms with Gasteiger partial charge in [-0.3, -0.25) is 9.59 Å². The van der Waals surface area contributed by atoms with Gasteiger partial charge in [-0.15, -0.1) is 11.8 Å². The zero-order chi connectivity index (χ0) is 23.2. The molecule has 0 aliphatic carbocycles. The zero-order valence-electron chi connectivity index (χ0n) is 18.0. The number of benzene rings is 3. The molecule has 2 heterocycles. The highest BCUT2D eigenvalue weighted by Crippen LogP contribution is 2.36. The second-order valence-electron chi connectivity index (χ2n) is 8.17. The van der Waals surface area contributed by atoms with Gasteiger partial charge in [-0.25, -0.2) is 8.42 Å². The molecule has 170 valence electrons. The van der Waals surface area contributed by atoms with Crippen LogP contribution in [0.3, 0.4) is 0 Å². The first-order chi connectivity index (χ1) is 15.8. The van der Waals surface area contributed by atoms with Gasteiger partial charge in [0.2, 0.25) is 15.9 Å². The molecule has 1 fully saturated rings. The molecule has 2 aliphatic rings. The molecule has 3 aromatic carbocycles. The number of thioether (sulfide) groups is 1. The van der Waals surface area contributed by atoms with Crippen LogP contribution in [0.4, 0.5) is 5.69 Å². The minimum absolute atomic E-state index is 0.0791. The fourth-order valence-electron chi connectivity index (χ4n) is 4.13. The summed E-state index contributed by atoms with van der Waals surface area (Å²) in [5.74, 6) is -0.247. The Labute approximate surface area is 196 Å². The van der Waals surface area contributed by atoms with Gasteiger partial charge in [0.1, 0.15) is 0 Å².